The number of carbonyl (C=O) groups excluding carboxylic acids is 1. The molecule has 1 amide bonds. The van der Waals surface area contributed by atoms with Crippen molar-refractivity contribution in [1.82, 2.24) is 15.2 Å². The zero-order valence-corrected chi connectivity index (χ0v) is 12.5. The number of hydrogen-bond acceptors (Lipinski definition) is 4. The van der Waals surface area contributed by atoms with Gasteiger partial charge in [0.15, 0.2) is 5.82 Å². The summed E-state index contributed by atoms with van der Waals surface area (Å²) in [7, 11) is 1.83. The minimum absolute atomic E-state index is 0.0672. The quantitative estimate of drug-likeness (QED) is 0.912. The van der Waals surface area contributed by atoms with Crippen LogP contribution in [0.15, 0.2) is 24.3 Å². The van der Waals surface area contributed by atoms with Crippen LogP contribution in [0.25, 0.3) is 0 Å². The summed E-state index contributed by atoms with van der Waals surface area (Å²) in [6, 6.07) is 7.95. The monoisotopic (exact) mass is 285 g/mol. The molecular formula is C15H19N5O. The number of aromatic nitrogens is 3. The molecule has 1 aliphatic heterocycles. The third-order valence-corrected chi connectivity index (χ3v) is 3.81. The number of anilines is 2. The first-order valence-electron chi connectivity index (χ1n) is 7.05. The van der Waals surface area contributed by atoms with Crippen molar-refractivity contribution in [3.63, 3.8) is 0 Å². The van der Waals surface area contributed by atoms with E-state index in [1.54, 1.807) is 4.90 Å². The smallest absolute Gasteiger partial charge is 0.231 e. The average molecular weight is 285 g/mol. The summed E-state index contributed by atoms with van der Waals surface area (Å²) >= 11 is 0. The number of rotatable bonds is 2. The number of nitrogens with one attached hydrogen (secondary N) is 1. The van der Waals surface area contributed by atoms with Crippen LogP contribution in [-0.2, 0) is 11.3 Å². The highest BCUT2D eigenvalue weighted by molar-refractivity contribution is 5.99. The highest BCUT2D eigenvalue weighted by Crippen LogP contribution is 2.33. The summed E-state index contributed by atoms with van der Waals surface area (Å²) in [4.78, 5) is 20.6. The number of amides is 1. The number of benzene rings is 1. The Labute approximate surface area is 123 Å². The van der Waals surface area contributed by atoms with E-state index in [-0.39, 0.29) is 11.8 Å². The van der Waals surface area contributed by atoms with Gasteiger partial charge in [-0.05, 0) is 19.1 Å². The molecule has 0 bridgehead atoms. The number of nitrogens with zero attached hydrogens (tertiary/aromatic N) is 4. The van der Waals surface area contributed by atoms with Gasteiger partial charge in [0.25, 0.3) is 0 Å². The molecule has 1 aromatic heterocycles. The van der Waals surface area contributed by atoms with Gasteiger partial charge in [0, 0.05) is 13.6 Å². The summed E-state index contributed by atoms with van der Waals surface area (Å²) in [5.74, 6) is 1.61. The zero-order chi connectivity index (χ0) is 15.0. The molecule has 6 heteroatoms. The van der Waals surface area contributed by atoms with E-state index < -0.39 is 0 Å². The van der Waals surface area contributed by atoms with Gasteiger partial charge in [-0.15, -0.1) is 0 Å². The van der Waals surface area contributed by atoms with E-state index in [9.17, 15) is 4.79 Å². The molecule has 0 saturated carbocycles. The Kier molecular flexibility index (Phi) is 3.37. The van der Waals surface area contributed by atoms with Gasteiger partial charge in [-0.1, -0.05) is 19.1 Å². The molecular weight excluding hydrogens is 266 g/mol. The first kappa shape index (κ1) is 13.6. The maximum atomic E-state index is 12.4. The third-order valence-electron chi connectivity index (χ3n) is 3.81. The molecule has 3 rings (SSSR count). The van der Waals surface area contributed by atoms with Crippen molar-refractivity contribution in [2.45, 2.75) is 20.4 Å². The molecule has 0 fully saturated rings. The minimum atomic E-state index is -0.0672. The van der Waals surface area contributed by atoms with Gasteiger partial charge in [0.2, 0.25) is 5.91 Å². The van der Waals surface area contributed by atoms with Crippen molar-refractivity contribution in [2.24, 2.45) is 5.92 Å². The fourth-order valence-electron chi connectivity index (χ4n) is 2.75. The lowest BCUT2D eigenvalue weighted by Gasteiger charge is -2.24. The van der Waals surface area contributed by atoms with E-state index in [0.717, 1.165) is 23.0 Å². The van der Waals surface area contributed by atoms with E-state index in [1.165, 1.54) is 0 Å². The van der Waals surface area contributed by atoms with Crippen molar-refractivity contribution in [1.29, 1.82) is 0 Å². The minimum Gasteiger partial charge on any atom is -0.361 e. The molecule has 0 radical (unpaired) electrons. The Hall–Kier alpha value is -2.37. The molecule has 1 unspecified atom stereocenters. The van der Waals surface area contributed by atoms with Crippen LogP contribution in [0.1, 0.15) is 18.6 Å². The number of para-hydroxylation sites is 2. The maximum Gasteiger partial charge on any atom is 0.231 e. The summed E-state index contributed by atoms with van der Waals surface area (Å²) in [6.45, 7) is 5.09. The Morgan fingerprint density at radius 2 is 2.05 bits per heavy atom. The van der Waals surface area contributed by atoms with Crippen LogP contribution < -0.4 is 9.80 Å². The molecule has 1 atom stereocenters. The Morgan fingerprint density at radius 1 is 1.33 bits per heavy atom. The van der Waals surface area contributed by atoms with Gasteiger partial charge in [0.1, 0.15) is 5.82 Å². The number of hydrogen-bond donors (Lipinski definition) is 1. The SMILES string of the molecule is Cc1nc(CN2CC(C)C(=O)N(C)c3ccccc32)n[nH]1. The van der Waals surface area contributed by atoms with E-state index in [4.69, 9.17) is 0 Å². The lowest BCUT2D eigenvalue weighted by atomic mass is 10.1. The molecule has 0 spiro atoms. The molecule has 110 valence electrons. The Balaban J connectivity index is 1.99. The van der Waals surface area contributed by atoms with Gasteiger partial charge in [0.05, 0.1) is 23.8 Å². The maximum absolute atomic E-state index is 12.4. The van der Waals surface area contributed by atoms with Crippen LogP contribution in [0.5, 0.6) is 0 Å². The van der Waals surface area contributed by atoms with Gasteiger partial charge in [-0.2, -0.15) is 5.10 Å². The highest BCUT2D eigenvalue weighted by atomic mass is 16.2. The molecule has 2 aromatic rings. The van der Waals surface area contributed by atoms with Gasteiger partial charge < -0.3 is 9.80 Å². The number of aryl methyl sites for hydroxylation is 1. The second kappa shape index (κ2) is 5.20. The van der Waals surface area contributed by atoms with Crippen molar-refractivity contribution < 1.29 is 4.79 Å². The van der Waals surface area contributed by atoms with E-state index in [1.807, 2.05) is 45.2 Å². The second-order valence-corrected chi connectivity index (χ2v) is 5.50. The number of fused-ring (bicyclic) bond motifs is 1. The third kappa shape index (κ3) is 2.49. The first-order valence-corrected chi connectivity index (χ1v) is 7.05. The first-order chi connectivity index (χ1) is 10.1. The van der Waals surface area contributed by atoms with E-state index in [0.29, 0.717) is 13.1 Å². The highest BCUT2D eigenvalue weighted by Gasteiger charge is 2.29. The average Bonchev–Trinajstić information content (AvgIpc) is 2.86. The van der Waals surface area contributed by atoms with Crippen LogP contribution in [-0.4, -0.2) is 34.7 Å². The van der Waals surface area contributed by atoms with Crippen molar-refractivity contribution in [3.05, 3.63) is 35.9 Å². The van der Waals surface area contributed by atoms with Crippen LogP contribution in [0.4, 0.5) is 11.4 Å². The summed E-state index contributed by atoms with van der Waals surface area (Å²) < 4.78 is 0. The lowest BCUT2D eigenvalue weighted by molar-refractivity contribution is -0.121. The van der Waals surface area contributed by atoms with Gasteiger partial charge in [-0.25, -0.2) is 4.98 Å². The van der Waals surface area contributed by atoms with E-state index in [2.05, 4.69) is 20.1 Å². The topological polar surface area (TPSA) is 65.1 Å². The number of aromatic amines is 1. The van der Waals surface area contributed by atoms with Crippen molar-refractivity contribution >= 4 is 17.3 Å². The number of H-pyrrole nitrogens is 1. The van der Waals surface area contributed by atoms with Crippen LogP contribution in [0.2, 0.25) is 0 Å². The molecule has 0 saturated heterocycles. The van der Waals surface area contributed by atoms with Crippen LogP contribution in [0.3, 0.4) is 0 Å². The fraction of sp³-hybridized carbons (Fsp3) is 0.400. The van der Waals surface area contributed by atoms with Gasteiger partial charge in [-0.3, -0.25) is 9.89 Å². The molecule has 1 aliphatic rings. The van der Waals surface area contributed by atoms with Gasteiger partial charge >= 0.3 is 0 Å². The van der Waals surface area contributed by atoms with E-state index >= 15 is 0 Å². The largest absolute Gasteiger partial charge is 0.361 e. The summed E-state index contributed by atoms with van der Waals surface area (Å²) in [5, 5.41) is 7.06. The lowest BCUT2D eigenvalue weighted by Crippen LogP contribution is -2.34. The molecule has 6 nitrogen and oxygen atoms in total. The van der Waals surface area contributed by atoms with Crippen molar-refractivity contribution in [2.75, 3.05) is 23.4 Å². The zero-order valence-electron chi connectivity index (χ0n) is 12.5. The predicted octanol–water partition coefficient (Wildman–Crippen LogP) is 1.73. The Morgan fingerprint density at radius 3 is 2.71 bits per heavy atom. The van der Waals surface area contributed by atoms with Crippen LogP contribution in [0, 0.1) is 12.8 Å². The summed E-state index contributed by atoms with van der Waals surface area (Å²) in [5.41, 5.74) is 1.97. The standard InChI is InChI=1S/C15H19N5O/c1-10-8-20(9-14-16-11(2)17-18-14)13-7-5-4-6-12(13)19(3)15(10)21/h4-7,10H,8-9H2,1-3H3,(H,16,17,18). The summed E-state index contributed by atoms with van der Waals surface area (Å²) in [6.07, 6.45) is 0. The van der Waals surface area contributed by atoms with Crippen molar-refractivity contribution in [3.8, 4) is 0 Å². The molecule has 21 heavy (non-hydrogen) atoms. The van der Waals surface area contributed by atoms with Crippen LogP contribution >= 0.6 is 0 Å². The fourth-order valence-corrected chi connectivity index (χ4v) is 2.75. The predicted molar refractivity (Wildman–Crippen MR) is 81.2 cm³/mol. The molecule has 0 aliphatic carbocycles. The number of carbonyl (C=O) groups is 1. The molecule has 1 aromatic carbocycles. The Bertz CT molecular complexity index is 666. The second-order valence-electron chi connectivity index (χ2n) is 5.50. The normalized spacial score (nSPS) is 18.6. The molecule has 1 N–H and O–H groups in total. The molecule has 2 heterocycles.